The molecule has 138 valence electrons. The summed E-state index contributed by atoms with van der Waals surface area (Å²) in [4.78, 5) is 24.6. The minimum absolute atomic E-state index is 0.209. The summed E-state index contributed by atoms with van der Waals surface area (Å²) in [6.07, 6.45) is 1.77. The fraction of sp³-hybridized carbons (Fsp3) is 0.211. The highest BCUT2D eigenvalue weighted by molar-refractivity contribution is 5.96. The van der Waals surface area contributed by atoms with Crippen molar-refractivity contribution < 1.29 is 18.4 Å². The second-order valence-corrected chi connectivity index (χ2v) is 6.56. The number of likely N-dealkylation sites (tertiary alicyclic amines) is 1. The van der Waals surface area contributed by atoms with Crippen molar-refractivity contribution in [3.8, 4) is 11.1 Å². The van der Waals surface area contributed by atoms with E-state index in [2.05, 4.69) is 10.4 Å². The average Bonchev–Trinajstić information content (AvgIpc) is 3.00. The van der Waals surface area contributed by atoms with Gasteiger partial charge in [0.15, 0.2) is 5.82 Å². The molecule has 27 heavy (non-hydrogen) atoms. The molecule has 2 amide bonds. The molecule has 0 saturated carbocycles. The number of alkyl halides is 2. The van der Waals surface area contributed by atoms with Crippen molar-refractivity contribution >= 4 is 23.1 Å². The number of nitrogens with one attached hydrogen (secondary N) is 1. The molecular weight excluding hydrogens is 354 g/mol. The van der Waals surface area contributed by atoms with E-state index in [4.69, 9.17) is 0 Å². The molecule has 1 fully saturated rings. The first-order valence-corrected chi connectivity index (χ1v) is 8.36. The van der Waals surface area contributed by atoms with E-state index in [0.717, 1.165) is 21.5 Å². The monoisotopic (exact) mass is 370 g/mol. The van der Waals surface area contributed by atoms with Gasteiger partial charge in [-0.25, -0.2) is 13.3 Å². The van der Waals surface area contributed by atoms with Gasteiger partial charge in [0.25, 0.3) is 11.8 Å². The standard InChI is InChI=1S/C19H16F2N4O2/c1-12(26)22-17-9-16-15(3-2-8-25(16)23-17)13-4-6-14(7-5-13)18(27)24-10-19(20,21)11-24/h2-9H,10-11H2,1H3,(H,22,23,26). The summed E-state index contributed by atoms with van der Waals surface area (Å²) in [5, 5.41) is 6.94. The first kappa shape index (κ1) is 17.1. The Morgan fingerprint density at radius 3 is 2.48 bits per heavy atom. The number of carbonyl (C=O) groups excluding carboxylic acids is 2. The zero-order valence-corrected chi connectivity index (χ0v) is 14.4. The van der Waals surface area contributed by atoms with Gasteiger partial charge < -0.3 is 10.2 Å². The summed E-state index contributed by atoms with van der Waals surface area (Å²) < 4.78 is 27.6. The summed E-state index contributed by atoms with van der Waals surface area (Å²) >= 11 is 0. The third-order valence-corrected chi connectivity index (χ3v) is 4.38. The highest BCUT2D eigenvalue weighted by atomic mass is 19.3. The summed E-state index contributed by atoms with van der Waals surface area (Å²) in [6, 6.07) is 12.3. The van der Waals surface area contributed by atoms with Crippen LogP contribution >= 0.6 is 0 Å². The van der Waals surface area contributed by atoms with Crippen molar-refractivity contribution in [3.63, 3.8) is 0 Å². The van der Waals surface area contributed by atoms with Gasteiger partial charge >= 0.3 is 0 Å². The molecule has 0 atom stereocenters. The van der Waals surface area contributed by atoms with Crippen LogP contribution < -0.4 is 5.32 Å². The van der Waals surface area contributed by atoms with Crippen LogP contribution in [0.5, 0.6) is 0 Å². The van der Waals surface area contributed by atoms with Crippen molar-refractivity contribution in [3.05, 3.63) is 54.2 Å². The maximum Gasteiger partial charge on any atom is 0.282 e. The molecule has 6 nitrogen and oxygen atoms in total. The molecule has 2 aromatic heterocycles. The molecule has 1 aliphatic heterocycles. The maximum atomic E-state index is 13.0. The predicted molar refractivity (Wildman–Crippen MR) is 95.8 cm³/mol. The normalized spacial score (nSPS) is 15.4. The Morgan fingerprint density at radius 1 is 1.15 bits per heavy atom. The molecule has 8 heteroatoms. The van der Waals surface area contributed by atoms with E-state index in [1.807, 2.05) is 12.1 Å². The van der Waals surface area contributed by atoms with Gasteiger partial charge in [-0.3, -0.25) is 9.59 Å². The minimum atomic E-state index is -2.78. The van der Waals surface area contributed by atoms with E-state index in [1.165, 1.54) is 6.92 Å². The Kier molecular flexibility index (Phi) is 3.91. The van der Waals surface area contributed by atoms with Gasteiger partial charge in [-0.05, 0) is 23.8 Å². The summed E-state index contributed by atoms with van der Waals surface area (Å²) in [5.41, 5.74) is 2.88. The first-order valence-electron chi connectivity index (χ1n) is 8.36. The second kappa shape index (κ2) is 6.15. The van der Waals surface area contributed by atoms with Crippen LogP contribution in [0.3, 0.4) is 0 Å². The maximum absolute atomic E-state index is 13.0. The number of amides is 2. The van der Waals surface area contributed by atoms with Gasteiger partial charge in [0.1, 0.15) is 0 Å². The molecule has 3 heterocycles. The number of fused-ring (bicyclic) bond motifs is 1. The van der Waals surface area contributed by atoms with Crippen LogP contribution in [0.2, 0.25) is 0 Å². The van der Waals surface area contributed by atoms with E-state index in [-0.39, 0.29) is 5.91 Å². The third kappa shape index (κ3) is 3.25. The van der Waals surface area contributed by atoms with Gasteiger partial charge in [-0.15, -0.1) is 0 Å². The second-order valence-electron chi connectivity index (χ2n) is 6.56. The Morgan fingerprint density at radius 2 is 1.85 bits per heavy atom. The number of nitrogens with zero attached hydrogens (tertiary/aromatic N) is 3. The fourth-order valence-electron chi connectivity index (χ4n) is 3.13. The molecule has 1 aromatic carbocycles. The lowest BCUT2D eigenvalue weighted by molar-refractivity contribution is -0.114. The number of benzene rings is 1. The highest BCUT2D eigenvalue weighted by Gasteiger charge is 2.46. The van der Waals surface area contributed by atoms with E-state index < -0.39 is 24.9 Å². The lowest BCUT2D eigenvalue weighted by Crippen LogP contribution is -2.58. The Labute approximate surface area is 153 Å². The lowest BCUT2D eigenvalue weighted by Gasteiger charge is -2.38. The average molecular weight is 370 g/mol. The van der Waals surface area contributed by atoms with Crippen LogP contribution in [0.1, 0.15) is 17.3 Å². The van der Waals surface area contributed by atoms with Crippen LogP contribution in [-0.4, -0.2) is 45.3 Å². The number of carbonyl (C=O) groups is 2. The summed E-state index contributed by atoms with van der Waals surface area (Å²) in [6.45, 7) is 0.345. The molecule has 0 bridgehead atoms. The molecule has 1 N–H and O–H groups in total. The molecule has 4 rings (SSSR count). The summed E-state index contributed by atoms with van der Waals surface area (Å²) in [7, 11) is 0. The fourth-order valence-corrected chi connectivity index (χ4v) is 3.13. The molecule has 1 saturated heterocycles. The van der Waals surface area contributed by atoms with E-state index in [9.17, 15) is 18.4 Å². The van der Waals surface area contributed by atoms with Crippen molar-refractivity contribution in [2.45, 2.75) is 12.8 Å². The zero-order chi connectivity index (χ0) is 19.2. The predicted octanol–water partition coefficient (Wildman–Crippen LogP) is 3.05. The van der Waals surface area contributed by atoms with Gasteiger partial charge in [-0.2, -0.15) is 5.10 Å². The van der Waals surface area contributed by atoms with Crippen LogP contribution in [0.4, 0.5) is 14.6 Å². The largest absolute Gasteiger partial charge is 0.326 e. The van der Waals surface area contributed by atoms with Crippen LogP contribution in [0.25, 0.3) is 16.6 Å². The number of rotatable bonds is 3. The number of aromatic nitrogens is 2. The van der Waals surface area contributed by atoms with Gasteiger partial charge in [0.05, 0.1) is 18.6 Å². The molecule has 0 unspecified atom stereocenters. The van der Waals surface area contributed by atoms with E-state index >= 15 is 0 Å². The quantitative estimate of drug-likeness (QED) is 0.771. The van der Waals surface area contributed by atoms with Gasteiger partial charge in [0.2, 0.25) is 5.91 Å². The number of hydrogen-bond donors (Lipinski definition) is 1. The molecule has 0 radical (unpaired) electrons. The number of anilines is 1. The Bertz CT molecular complexity index is 1040. The van der Waals surface area contributed by atoms with Crippen molar-refractivity contribution in [2.24, 2.45) is 0 Å². The van der Waals surface area contributed by atoms with Gasteiger partial charge in [0, 0.05) is 30.3 Å². The lowest BCUT2D eigenvalue weighted by atomic mass is 10.0. The van der Waals surface area contributed by atoms with Crippen molar-refractivity contribution in [2.75, 3.05) is 18.4 Å². The van der Waals surface area contributed by atoms with Crippen molar-refractivity contribution in [1.82, 2.24) is 14.5 Å². The molecule has 0 spiro atoms. The Hall–Kier alpha value is -3.29. The number of pyridine rings is 1. The molecule has 3 aromatic rings. The Balaban J connectivity index is 1.61. The van der Waals surface area contributed by atoms with E-state index in [1.54, 1.807) is 41.0 Å². The first-order chi connectivity index (χ1) is 12.8. The third-order valence-electron chi connectivity index (χ3n) is 4.38. The molecule has 0 aliphatic carbocycles. The van der Waals surface area contributed by atoms with Crippen LogP contribution in [-0.2, 0) is 4.79 Å². The molecular formula is C19H16F2N4O2. The smallest absolute Gasteiger partial charge is 0.282 e. The summed E-state index contributed by atoms with van der Waals surface area (Å²) in [5.74, 6) is -2.94. The van der Waals surface area contributed by atoms with Gasteiger partial charge in [-0.1, -0.05) is 18.2 Å². The number of halogens is 2. The zero-order valence-electron chi connectivity index (χ0n) is 14.4. The van der Waals surface area contributed by atoms with Crippen LogP contribution in [0, 0.1) is 0 Å². The number of hydrogen-bond acceptors (Lipinski definition) is 3. The minimum Gasteiger partial charge on any atom is -0.326 e. The topological polar surface area (TPSA) is 66.7 Å². The van der Waals surface area contributed by atoms with E-state index in [0.29, 0.717) is 11.4 Å². The SMILES string of the molecule is CC(=O)Nc1cc2c(-c3ccc(C(=O)N4CC(F)(F)C4)cc3)cccn2n1. The highest BCUT2D eigenvalue weighted by Crippen LogP contribution is 2.30. The van der Waals surface area contributed by atoms with Crippen LogP contribution in [0.15, 0.2) is 48.7 Å². The molecule has 1 aliphatic rings. The van der Waals surface area contributed by atoms with Crippen molar-refractivity contribution in [1.29, 1.82) is 0 Å².